The van der Waals surface area contributed by atoms with Crippen LogP contribution in [0.4, 0.5) is 74.6 Å². The van der Waals surface area contributed by atoms with E-state index in [1.54, 1.807) is 0 Å². The van der Waals surface area contributed by atoms with Gasteiger partial charge in [-0.25, -0.2) is 8.78 Å². The molecule has 29 heavy (non-hydrogen) atoms. The van der Waals surface area contributed by atoms with Crippen molar-refractivity contribution in [2.45, 2.75) is 41.7 Å². The smallest absolute Gasteiger partial charge is 0.415 e. The van der Waals surface area contributed by atoms with Gasteiger partial charge < -0.3 is 8.78 Å². The molecule has 1 N–H and O–H groups in total. The van der Waals surface area contributed by atoms with Gasteiger partial charge in [-0.05, 0) is 4.57 Å². The molecule has 0 aliphatic rings. The summed E-state index contributed by atoms with van der Waals surface area (Å²) in [4.78, 5) is 7.04. The number of halogens is 17. The maximum absolute atomic E-state index is 12.7. The van der Waals surface area contributed by atoms with E-state index < -0.39 is 56.8 Å². The first-order valence-corrected chi connectivity index (χ1v) is 6.25. The molecule has 0 aromatic heterocycles. The van der Waals surface area contributed by atoms with Crippen molar-refractivity contribution in [3.8, 4) is 0 Å². The summed E-state index contributed by atoms with van der Waals surface area (Å²) in [5, 5.41) is 0. The fraction of sp³-hybridized carbons (Fsp3) is 0.875. The quantitative estimate of drug-likeness (QED) is 0.260. The van der Waals surface area contributed by atoms with E-state index in [2.05, 4.69) is 0 Å². The molecule has 0 spiro atoms. The van der Waals surface area contributed by atoms with Crippen molar-refractivity contribution in [3.05, 3.63) is 6.43 Å². The maximum Gasteiger partial charge on any atom is 1.00 e. The van der Waals surface area contributed by atoms with Crippen LogP contribution in [0.25, 0.3) is 0 Å². The molecule has 0 aliphatic carbocycles. The van der Waals surface area contributed by atoms with Crippen LogP contribution in [-0.2, 0) is 4.57 Å². The van der Waals surface area contributed by atoms with Gasteiger partial charge in [-0.3, -0.25) is 0 Å². The molecule has 0 rings (SSSR count). The number of alkyl halides is 15. The zero-order valence-corrected chi connectivity index (χ0v) is 15.8. The van der Waals surface area contributed by atoms with Crippen LogP contribution in [0.15, 0.2) is 0 Å². The van der Waals surface area contributed by atoms with E-state index in [1.165, 1.54) is 0 Å². The molecule has 0 heterocycles. The molecule has 170 valence electrons. The Balaban J connectivity index is -0.00000158. The molecule has 0 saturated carbocycles. The van der Waals surface area contributed by atoms with Gasteiger partial charge in [-0.2, -0.15) is 62.0 Å². The predicted octanol–water partition coefficient (Wildman–Crippen LogP) is 2.71. The Kier molecular flexibility index (Phi) is 11.0. The molecule has 0 bridgehead atoms. The first-order chi connectivity index (χ1) is 11.9. The minimum atomic E-state index is -8.55. The van der Waals surface area contributed by atoms with Gasteiger partial charge in [0.1, 0.15) is 0 Å². The third-order valence-electron chi connectivity index (χ3n) is 2.57. The predicted molar refractivity (Wildman–Crippen MR) is 52.4 cm³/mol. The standard InChI is InChI=1S/C8F17.Na.HO2P/c9-1(10)2(11,12)3(13,14)4(15,16)5(17,18)6(19,20)7(21,22)8(23,24)25;;1-3-2/h;;3H/q-1;+1;/p+1. The van der Waals surface area contributed by atoms with Crippen LogP contribution < -0.4 is 29.6 Å². The SMILES string of the molecule is F[C-](F)C(F)(F)C(F)(F)C(F)(F)C(F)(F)C(F)(F)C(F)(F)C(F)(F)F.O=[PH+]O.[Na+]. The van der Waals surface area contributed by atoms with Gasteiger partial charge in [0.2, 0.25) is 0 Å². The summed E-state index contributed by atoms with van der Waals surface area (Å²) in [7, 11) is -1.17. The molecule has 0 aromatic carbocycles. The molecule has 0 aliphatic heterocycles. The maximum atomic E-state index is 12.7. The summed E-state index contributed by atoms with van der Waals surface area (Å²) in [6.45, 7) is 0. The van der Waals surface area contributed by atoms with Crippen LogP contribution in [0.5, 0.6) is 0 Å². The molecule has 0 aromatic rings. The van der Waals surface area contributed by atoms with Crippen LogP contribution in [-0.4, -0.2) is 46.6 Å². The summed E-state index contributed by atoms with van der Waals surface area (Å²) in [6.07, 6.45) is -12.8. The summed E-state index contributed by atoms with van der Waals surface area (Å²) >= 11 is 0. The van der Waals surface area contributed by atoms with Gasteiger partial charge in [0.05, 0.1) is 6.43 Å². The first kappa shape index (κ1) is 33.5. The van der Waals surface area contributed by atoms with E-state index >= 15 is 0 Å². The van der Waals surface area contributed by atoms with Crippen LogP contribution in [0.1, 0.15) is 0 Å². The molecule has 0 fully saturated rings. The fourth-order valence-electron chi connectivity index (χ4n) is 1.09. The Morgan fingerprint density at radius 1 is 0.552 bits per heavy atom. The van der Waals surface area contributed by atoms with Crippen molar-refractivity contribution in [1.29, 1.82) is 0 Å². The van der Waals surface area contributed by atoms with E-state index in [9.17, 15) is 74.6 Å². The van der Waals surface area contributed by atoms with E-state index in [0.717, 1.165) is 0 Å². The van der Waals surface area contributed by atoms with Crippen molar-refractivity contribution in [1.82, 2.24) is 0 Å². The summed E-state index contributed by atoms with van der Waals surface area (Å²) in [6, 6.07) is 0. The molecule has 0 amide bonds. The van der Waals surface area contributed by atoms with Gasteiger partial charge in [-0.15, -0.1) is 0 Å². The van der Waals surface area contributed by atoms with Crippen molar-refractivity contribution in [3.63, 3.8) is 0 Å². The van der Waals surface area contributed by atoms with Crippen molar-refractivity contribution in [2.24, 2.45) is 0 Å². The van der Waals surface area contributed by atoms with Gasteiger partial charge in [0, 0.05) is 0 Å². The Morgan fingerprint density at radius 3 is 0.966 bits per heavy atom. The molecule has 1 unspecified atom stereocenters. The summed E-state index contributed by atoms with van der Waals surface area (Å²) < 4.78 is 217. The normalized spacial score (nSPS) is 15.0. The summed E-state index contributed by atoms with van der Waals surface area (Å²) in [5.74, 6) is -49.4. The Labute approximate surface area is 171 Å². The van der Waals surface area contributed by atoms with Crippen LogP contribution >= 0.6 is 8.69 Å². The first-order valence-electron chi connectivity index (χ1n) is 5.39. The Morgan fingerprint density at radius 2 is 0.759 bits per heavy atom. The number of hydrogen-bond acceptors (Lipinski definition) is 1. The molecule has 1 atom stereocenters. The monoisotopic (exact) mass is 507 g/mol. The van der Waals surface area contributed by atoms with Gasteiger partial charge in [0.15, 0.2) is 0 Å². The molecule has 2 nitrogen and oxygen atoms in total. The van der Waals surface area contributed by atoms with Crippen LogP contribution in [0.3, 0.4) is 0 Å². The van der Waals surface area contributed by atoms with Crippen LogP contribution in [0, 0.1) is 6.43 Å². The summed E-state index contributed by atoms with van der Waals surface area (Å²) in [5.41, 5.74) is 0. The van der Waals surface area contributed by atoms with Crippen molar-refractivity contribution >= 4 is 8.69 Å². The van der Waals surface area contributed by atoms with Crippen molar-refractivity contribution < 1.29 is 114 Å². The topological polar surface area (TPSA) is 37.3 Å². The largest absolute Gasteiger partial charge is 1.00 e. The van der Waals surface area contributed by atoms with E-state index in [4.69, 9.17) is 9.46 Å². The molecule has 0 radical (unpaired) electrons. The third kappa shape index (κ3) is 5.20. The van der Waals surface area contributed by atoms with Crippen LogP contribution in [0.2, 0.25) is 0 Å². The zero-order valence-electron chi connectivity index (χ0n) is 12.8. The minimum absolute atomic E-state index is 0. The average Bonchev–Trinajstić information content (AvgIpc) is 2.45. The Bertz CT molecular complexity index is 544. The van der Waals surface area contributed by atoms with E-state index in [-0.39, 0.29) is 29.6 Å². The third-order valence-corrected chi connectivity index (χ3v) is 2.57. The van der Waals surface area contributed by atoms with Gasteiger partial charge in [0.25, 0.3) is 5.92 Å². The number of hydrogen-bond donors (Lipinski definition) is 1. The molecular weight excluding hydrogens is 505 g/mol. The minimum Gasteiger partial charge on any atom is -0.415 e. The molecular formula is C8H2F17NaO2P+. The van der Waals surface area contributed by atoms with Gasteiger partial charge >= 0.3 is 74.0 Å². The van der Waals surface area contributed by atoms with Gasteiger partial charge in [-0.1, -0.05) is 0 Å². The average molecular weight is 507 g/mol. The second kappa shape index (κ2) is 9.56. The fourth-order valence-corrected chi connectivity index (χ4v) is 1.09. The Hall–Kier alpha value is -0.130. The molecule has 0 saturated heterocycles. The second-order valence-electron chi connectivity index (χ2n) is 4.30. The van der Waals surface area contributed by atoms with E-state index in [1.807, 2.05) is 0 Å². The van der Waals surface area contributed by atoms with Crippen molar-refractivity contribution in [2.75, 3.05) is 0 Å². The number of rotatable bonds is 6. The second-order valence-corrected chi connectivity index (χ2v) is 4.48. The zero-order chi connectivity index (χ0) is 23.8. The van der Waals surface area contributed by atoms with E-state index in [0.29, 0.717) is 0 Å². The molecule has 21 heteroatoms.